The summed E-state index contributed by atoms with van der Waals surface area (Å²) in [6.45, 7) is 3.40. The molecule has 10 heteroatoms. The van der Waals surface area contributed by atoms with Crippen molar-refractivity contribution in [3.63, 3.8) is 0 Å². The van der Waals surface area contributed by atoms with Crippen LogP contribution in [0.25, 0.3) is 10.4 Å². The summed E-state index contributed by atoms with van der Waals surface area (Å²) in [5.74, 6) is -0.213. The molecule has 1 amide bonds. The number of rotatable bonds is 5. The molecule has 0 radical (unpaired) electrons. The van der Waals surface area contributed by atoms with Crippen LogP contribution in [0.1, 0.15) is 42.5 Å². The fourth-order valence-corrected chi connectivity index (χ4v) is 4.70. The second-order valence-corrected chi connectivity index (χ2v) is 8.65. The van der Waals surface area contributed by atoms with E-state index in [1.54, 1.807) is 12.3 Å². The Morgan fingerprint density at radius 2 is 1.97 bits per heavy atom. The Bertz CT molecular complexity index is 1120. The van der Waals surface area contributed by atoms with Gasteiger partial charge >= 0.3 is 6.18 Å². The first kappa shape index (κ1) is 21.2. The topological polar surface area (TPSA) is 79.8 Å². The van der Waals surface area contributed by atoms with E-state index in [9.17, 15) is 18.0 Å². The van der Waals surface area contributed by atoms with Crippen LogP contribution in [0.4, 0.5) is 24.8 Å². The van der Waals surface area contributed by atoms with Gasteiger partial charge in [-0.15, -0.1) is 11.3 Å². The number of carbonyl (C=O) groups excluding carboxylic acids is 1. The molecule has 1 aromatic carbocycles. The number of anilines is 2. The number of carbonyl (C=O) groups is 1. The minimum absolute atomic E-state index is 0.0837. The molecule has 4 rings (SSSR count). The number of hydrogen-bond acceptors (Lipinski definition) is 6. The van der Waals surface area contributed by atoms with Gasteiger partial charge < -0.3 is 10.6 Å². The molecule has 0 atom stereocenters. The molecule has 3 aromatic rings. The van der Waals surface area contributed by atoms with E-state index in [0.717, 1.165) is 52.5 Å². The predicted octanol–water partition coefficient (Wildman–Crippen LogP) is 5.19. The van der Waals surface area contributed by atoms with Crippen molar-refractivity contribution in [3.8, 4) is 10.4 Å². The molecule has 1 saturated carbocycles. The maximum atomic E-state index is 12.9. The number of alkyl halides is 3. The lowest BCUT2D eigenvalue weighted by Gasteiger charge is -2.40. The molecular weight excluding hydrogens is 427 g/mol. The highest BCUT2D eigenvalue weighted by Gasteiger charge is 2.42. The van der Waals surface area contributed by atoms with E-state index in [-0.39, 0.29) is 11.9 Å². The quantitative estimate of drug-likeness (QED) is 0.563. The lowest BCUT2D eigenvalue weighted by molar-refractivity contribution is -0.141. The molecule has 6 nitrogen and oxygen atoms in total. The molecule has 2 heterocycles. The Kier molecular flexibility index (Phi) is 5.42. The maximum absolute atomic E-state index is 12.9. The normalized spacial score (nSPS) is 15.3. The first-order valence-corrected chi connectivity index (χ1v) is 10.5. The van der Waals surface area contributed by atoms with Gasteiger partial charge in [0.1, 0.15) is 10.7 Å². The summed E-state index contributed by atoms with van der Waals surface area (Å²) in [5.41, 5.74) is 0.960. The number of benzene rings is 1. The Balaban J connectivity index is 1.61. The molecule has 0 unspecified atom stereocenters. The van der Waals surface area contributed by atoms with E-state index >= 15 is 0 Å². The van der Waals surface area contributed by atoms with Gasteiger partial charge in [-0.05, 0) is 55.5 Å². The van der Waals surface area contributed by atoms with Crippen molar-refractivity contribution in [2.24, 2.45) is 0 Å². The van der Waals surface area contributed by atoms with Crippen LogP contribution in [0.15, 0.2) is 36.7 Å². The standard InChI is InChI=1S/C21H20F3N5OS/c1-12-8-14(16-11-26-18(31-16)20(5-3-6-20)29-13(2)30)10-15(9-12)27-19-25-7-4-17(28-19)21(22,23)24/h4,7-11H,3,5-6H2,1-2H3,(H,29,30)(H,25,27,28). The molecular formula is C21H20F3N5OS. The Labute approximate surface area is 181 Å². The fourth-order valence-electron chi connectivity index (χ4n) is 3.59. The Morgan fingerprint density at radius 1 is 1.19 bits per heavy atom. The number of amides is 1. The molecule has 0 bridgehead atoms. The van der Waals surface area contributed by atoms with Crippen molar-refractivity contribution in [2.75, 3.05) is 5.32 Å². The zero-order valence-corrected chi connectivity index (χ0v) is 17.7. The SMILES string of the molecule is CC(=O)NC1(c2ncc(-c3cc(C)cc(Nc4nccc(C(F)(F)F)n4)c3)s2)CCC1. The van der Waals surface area contributed by atoms with E-state index in [1.165, 1.54) is 18.3 Å². The van der Waals surface area contributed by atoms with Crippen LogP contribution in [0, 0.1) is 6.92 Å². The second-order valence-electron chi connectivity index (χ2n) is 7.62. The van der Waals surface area contributed by atoms with Gasteiger partial charge in [0.15, 0.2) is 0 Å². The van der Waals surface area contributed by atoms with Gasteiger partial charge in [0.25, 0.3) is 0 Å². The van der Waals surface area contributed by atoms with E-state index < -0.39 is 17.4 Å². The number of aryl methyl sites for hydroxylation is 1. The number of thiazole rings is 1. The molecule has 31 heavy (non-hydrogen) atoms. The number of aromatic nitrogens is 3. The van der Waals surface area contributed by atoms with Gasteiger partial charge in [0, 0.05) is 25.0 Å². The van der Waals surface area contributed by atoms with Crippen LogP contribution in [-0.4, -0.2) is 20.9 Å². The molecule has 162 valence electrons. The second kappa shape index (κ2) is 7.92. The van der Waals surface area contributed by atoms with Crippen molar-refractivity contribution in [1.29, 1.82) is 0 Å². The minimum Gasteiger partial charge on any atom is -0.344 e. The predicted molar refractivity (Wildman–Crippen MR) is 112 cm³/mol. The van der Waals surface area contributed by atoms with Gasteiger partial charge in [-0.3, -0.25) is 4.79 Å². The van der Waals surface area contributed by atoms with Crippen molar-refractivity contribution in [3.05, 3.63) is 52.9 Å². The third-order valence-electron chi connectivity index (χ3n) is 5.10. The van der Waals surface area contributed by atoms with Crippen molar-refractivity contribution < 1.29 is 18.0 Å². The molecule has 0 aliphatic heterocycles. The number of hydrogen-bond donors (Lipinski definition) is 2. The van der Waals surface area contributed by atoms with Crippen molar-refractivity contribution in [1.82, 2.24) is 20.3 Å². The van der Waals surface area contributed by atoms with Gasteiger partial charge in [-0.2, -0.15) is 13.2 Å². The van der Waals surface area contributed by atoms with Crippen LogP contribution in [0.5, 0.6) is 0 Å². The minimum atomic E-state index is -4.54. The summed E-state index contributed by atoms with van der Waals surface area (Å²) < 4.78 is 38.8. The smallest absolute Gasteiger partial charge is 0.344 e. The summed E-state index contributed by atoms with van der Waals surface area (Å²) in [7, 11) is 0. The molecule has 2 aromatic heterocycles. The van der Waals surface area contributed by atoms with Gasteiger partial charge in [0.2, 0.25) is 11.9 Å². The van der Waals surface area contributed by atoms with Gasteiger partial charge in [-0.1, -0.05) is 6.07 Å². The highest BCUT2D eigenvalue weighted by atomic mass is 32.1. The average Bonchev–Trinajstić information content (AvgIpc) is 3.14. The van der Waals surface area contributed by atoms with Crippen LogP contribution in [0.2, 0.25) is 0 Å². The molecule has 0 saturated heterocycles. The third-order valence-corrected chi connectivity index (χ3v) is 6.35. The lowest BCUT2D eigenvalue weighted by Crippen LogP contribution is -2.49. The summed E-state index contributed by atoms with van der Waals surface area (Å²) in [6, 6.07) is 6.43. The summed E-state index contributed by atoms with van der Waals surface area (Å²) in [5, 5.41) is 6.75. The van der Waals surface area contributed by atoms with Crippen LogP contribution < -0.4 is 10.6 Å². The monoisotopic (exact) mass is 447 g/mol. The summed E-state index contributed by atoms with van der Waals surface area (Å²) in [4.78, 5) is 24.5. The molecule has 1 aliphatic rings. The largest absolute Gasteiger partial charge is 0.433 e. The lowest BCUT2D eigenvalue weighted by atomic mass is 9.77. The van der Waals surface area contributed by atoms with E-state index in [0.29, 0.717) is 5.69 Å². The third kappa shape index (κ3) is 4.53. The fraction of sp³-hybridized carbons (Fsp3) is 0.333. The van der Waals surface area contributed by atoms with Crippen LogP contribution in [-0.2, 0) is 16.5 Å². The Morgan fingerprint density at radius 3 is 2.61 bits per heavy atom. The average molecular weight is 447 g/mol. The van der Waals surface area contributed by atoms with E-state index in [1.807, 2.05) is 19.1 Å². The highest BCUT2D eigenvalue weighted by molar-refractivity contribution is 7.15. The van der Waals surface area contributed by atoms with Gasteiger partial charge in [0.05, 0.1) is 10.4 Å². The van der Waals surface area contributed by atoms with Crippen LogP contribution >= 0.6 is 11.3 Å². The van der Waals surface area contributed by atoms with Crippen molar-refractivity contribution >= 4 is 28.9 Å². The summed E-state index contributed by atoms with van der Waals surface area (Å²) >= 11 is 1.51. The molecule has 0 spiro atoms. The zero-order valence-electron chi connectivity index (χ0n) is 16.9. The van der Waals surface area contributed by atoms with E-state index in [4.69, 9.17) is 0 Å². The molecule has 1 aliphatic carbocycles. The number of halogens is 3. The molecule has 1 fully saturated rings. The van der Waals surface area contributed by atoms with E-state index in [2.05, 4.69) is 25.6 Å². The van der Waals surface area contributed by atoms with Gasteiger partial charge in [-0.25, -0.2) is 15.0 Å². The highest BCUT2D eigenvalue weighted by Crippen LogP contribution is 2.44. The Hall–Kier alpha value is -3.01. The number of nitrogens with one attached hydrogen (secondary N) is 2. The van der Waals surface area contributed by atoms with Crippen LogP contribution in [0.3, 0.4) is 0 Å². The maximum Gasteiger partial charge on any atom is 0.433 e. The van der Waals surface area contributed by atoms with Crippen molar-refractivity contribution in [2.45, 2.75) is 44.8 Å². The number of nitrogens with zero attached hydrogens (tertiary/aromatic N) is 3. The first-order chi connectivity index (χ1) is 14.6. The summed E-state index contributed by atoms with van der Waals surface area (Å²) in [6.07, 6.45) is 1.04. The first-order valence-electron chi connectivity index (χ1n) is 9.69. The zero-order chi connectivity index (χ0) is 22.2. The molecule has 2 N–H and O–H groups in total.